The Balaban J connectivity index is 1.59. The molecular weight excluding hydrogens is 318 g/mol. The van der Waals surface area contributed by atoms with E-state index in [2.05, 4.69) is 30.9 Å². The van der Waals surface area contributed by atoms with E-state index < -0.39 is 0 Å². The summed E-state index contributed by atoms with van der Waals surface area (Å²) >= 11 is 0. The lowest BCUT2D eigenvalue weighted by Gasteiger charge is -2.04. The number of H-pyrrole nitrogens is 1. The van der Waals surface area contributed by atoms with E-state index in [9.17, 15) is 0 Å². The molecule has 5 aromatic rings. The Morgan fingerprint density at radius 1 is 1.04 bits per heavy atom. The van der Waals surface area contributed by atoms with Crippen molar-refractivity contribution in [3.05, 3.63) is 61.1 Å². The molecule has 25 heavy (non-hydrogen) atoms. The second-order valence-corrected chi connectivity index (χ2v) is 5.52. The molecule has 120 valence electrons. The van der Waals surface area contributed by atoms with Crippen LogP contribution in [0.2, 0.25) is 0 Å². The molecule has 0 aliphatic heterocycles. The summed E-state index contributed by atoms with van der Waals surface area (Å²) in [5, 5.41) is 23.5. The van der Waals surface area contributed by atoms with Crippen molar-refractivity contribution in [2.75, 3.05) is 0 Å². The van der Waals surface area contributed by atoms with Crippen molar-refractivity contribution in [3.63, 3.8) is 0 Å². The van der Waals surface area contributed by atoms with Gasteiger partial charge in [-0.25, -0.2) is 0 Å². The lowest BCUT2D eigenvalue weighted by molar-refractivity contribution is 0.435. The number of benzene rings is 2. The van der Waals surface area contributed by atoms with Crippen LogP contribution in [0.4, 0.5) is 0 Å². The third-order valence-corrected chi connectivity index (χ3v) is 4.01. The lowest BCUT2D eigenvalue weighted by atomic mass is 10.1. The molecule has 1 N–H and O–H groups in total. The maximum Gasteiger partial charge on any atom is 0.167 e. The largest absolute Gasteiger partial charge is 0.356 e. The quantitative estimate of drug-likeness (QED) is 0.546. The highest BCUT2D eigenvalue weighted by Gasteiger charge is 2.14. The van der Waals surface area contributed by atoms with Crippen LogP contribution in [0.3, 0.4) is 0 Å². The predicted octanol–water partition coefficient (Wildman–Crippen LogP) is 2.86. The van der Waals surface area contributed by atoms with Crippen LogP contribution in [0.15, 0.2) is 65.6 Å². The van der Waals surface area contributed by atoms with Crippen LogP contribution in [0.1, 0.15) is 0 Å². The molecule has 0 radical (unpaired) electrons. The molecule has 0 unspecified atom stereocenters. The van der Waals surface area contributed by atoms with Gasteiger partial charge in [0.1, 0.15) is 12.0 Å². The first-order valence-electron chi connectivity index (χ1n) is 7.61. The van der Waals surface area contributed by atoms with Crippen molar-refractivity contribution in [2.45, 2.75) is 0 Å². The van der Waals surface area contributed by atoms with Crippen LogP contribution in [-0.4, -0.2) is 35.6 Å². The molecule has 0 atom stereocenters. The Kier molecular flexibility index (Phi) is 2.93. The number of hydrogen-bond donors (Lipinski definition) is 1. The minimum absolute atomic E-state index is 0.685. The third kappa shape index (κ3) is 2.27. The first-order valence-corrected chi connectivity index (χ1v) is 7.61. The fraction of sp³-hybridized carbons (Fsp3) is 0. The summed E-state index contributed by atoms with van der Waals surface area (Å²) in [7, 11) is 0. The zero-order valence-electron chi connectivity index (χ0n) is 12.9. The van der Waals surface area contributed by atoms with E-state index >= 15 is 0 Å². The molecule has 0 fully saturated rings. The molecule has 0 aliphatic carbocycles. The van der Waals surface area contributed by atoms with Crippen LogP contribution in [0.25, 0.3) is 39.2 Å². The number of aromatic amines is 1. The summed E-state index contributed by atoms with van der Waals surface area (Å²) in [6.45, 7) is 0. The number of nitrogens with zero attached hydrogens (tertiary/aromatic N) is 6. The van der Waals surface area contributed by atoms with Crippen molar-refractivity contribution in [1.82, 2.24) is 35.6 Å². The van der Waals surface area contributed by atoms with E-state index in [0.29, 0.717) is 11.5 Å². The highest BCUT2D eigenvalue weighted by Crippen LogP contribution is 2.30. The van der Waals surface area contributed by atoms with Gasteiger partial charge in [0.25, 0.3) is 0 Å². The van der Waals surface area contributed by atoms with Crippen molar-refractivity contribution in [2.24, 2.45) is 0 Å². The van der Waals surface area contributed by atoms with Gasteiger partial charge in [0.05, 0.1) is 17.4 Å². The molecule has 8 nitrogen and oxygen atoms in total. The van der Waals surface area contributed by atoms with E-state index in [1.807, 2.05) is 48.5 Å². The summed E-state index contributed by atoms with van der Waals surface area (Å²) in [5.41, 5.74) is 4.35. The van der Waals surface area contributed by atoms with Gasteiger partial charge in [-0.15, -0.1) is 5.10 Å². The summed E-state index contributed by atoms with van der Waals surface area (Å²) in [5.74, 6) is 0.685. The van der Waals surface area contributed by atoms with Gasteiger partial charge >= 0.3 is 0 Å². The monoisotopic (exact) mass is 329 g/mol. The zero-order valence-corrected chi connectivity index (χ0v) is 12.9. The number of nitrogens with one attached hydrogen (secondary N) is 1. The van der Waals surface area contributed by atoms with Gasteiger partial charge in [0.15, 0.2) is 5.76 Å². The van der Waals surface area contributed by atoms with Crippen molar-refractivity contribution in [1.29, 1.82) is 0 Å². The van der Waals surface area contributed by atoms with E-state index in [4.69, 9.17) is 4.52 Å². The van der Waals surface area contributed by atoms with Crippen LogP contribution in [0, 0.1) is 0 Å². The molecule has 0 aliphatic rings. The maximum atomic E-state index is 5.56. The summed E-state index contributed by atoms with van der Waals surface area (Å²) in [6, 6.07) is 15.6. The van der Waals surface area contributed by atoms with Crippen molar-refractivity contribution >= 4 is 10.9 Å². The molecule has 3 aromatic heterocycles. The Labute approximate surface area is 141 Å². The van der Waals surface area contributed by atoms with Crippen LogP contribution >= 0.6 is 0 Å². The number of aromatic nitrogens is 7. The van der Waals surface area contributed by atoms with E-state index in [1.165, 1.54) is 0 Å². The van der Waals surface area contributed by atoms with E-state index in [1.54, 1.807) is 17.2 Å². The minimum Gasteiger partial charge on any atom is -0.356 e. The molecule has 0 saturated carbocycles. The van der Waals surface area contributed by atoms with E-state index in [-0.39, 0.29) is 0 Å². The zero-order chi connectivity index (χ0) is 16.6. The van der Waals surface area contributed by atoms with Gasteiger partial charge in [-0.3, -0.25) is 5.10 Å². The van der Waals surface area contributed by atoms with Gasteiger partial charge in [0.2, 0.25) is 0 Å². The van der Waals surface area contributed by atoms with Crippen LogP contribution in [0.5, 0.6) is 0 Å². The Bertz CT molecular complexity index is 1160. The fourth-order valence-corrected chi connectivity index (χ4v) is 2.80. The highest BCUT2D eigenvalue weighted by atomic mass is 16.5. The summed E-state index contributed by atoms with van der Waals surface area (Å²) < 4.78 is 7.16. The molecule has 8 heteroatoms. The van der Waals surface area contributed by atoms with Crippen LogP contribution < -0.4 is 0 Å². The molecule has 2 aromatic carbocycles. The third-order valence-electron chi connectivity index (χ3n) is 4.01. The van der Waals surface area contributed by atoms with Gasteiger partial charge in [-0.05, 0) is 34.7 Å². The predicted molar refractivity (Wildman–Crippen MR) is 89.7 cm³/mol. The first kappa shape index (κ1) is 13.6. The minimum atomic E-state index is 0.685. The standard InChI is InChI=1S/C17H11N7O/c1-2-4-16(24-10-19-22-23-24)13(3-1)15-8-17(25-21-15)11-5-6-14-12(7-11)9-18-20-14/h1-10H,(H,18,20). The lowest BCUT2D eigenvalue weighted by Crippen LogP contribution is -1.97. The van der Waals surface area contributed by atoms with Crippen LogP contribution in [-0.2, 0) is 0 Å². The Morgan fingerprint density at radius 2 is 2.00 bits per heavy atom. The summed E-state index contributed by atoms with van der Waals surface area (Å²) in [6.07, 6.45) is 3.33. The maximum absolute atomic E-state index is 5.56. The van der Waals surface area contributed by atoms with Crippen molar-refractivity contribution in [3.8, 4) is 28.3 Å². The normalized spacial score (nSPS) is 11.2. The average molecular weight is 329 g/mol. The Hall–Kier alpha value is -3.81. The highest BCUT2D eigenvalue weighted by molar-refractivity contribution is 5.83. The number of fused-ring (bicyclic) bond motifs is 1. The second kappa shape index (κ2) is 5.38. The topological polar surface area (TPSA) is 98.3 Å². The number of hydrogen-bond acceptors (Lipinski definition) is 6. The van der Waals surface area contributed by atoms with Gasteiger partial charge in [0, 0.05) is 22.6 Å². The Morgan fingerprint density at radius 3 is 2.92 bits per heavy atom. The molecule has 5 rings (SSSR count). The number of para-hydroxylation sites is 1. The number of rotatable bonds is 3. The first-order chi connectivity index (χ1) is 12.4. The molecule has 0 spiro atoms. The van der Waals surface area contributed by atoms with Gasteiger partial charge < -0.3 is 4.52 Å². The van der Waals surface area contributed by atoms with E-state index in [0.717, 1.165) is 27.7 Å². The van der Waals surface area contributed by atoms with Gasteiger partial charge in [-0.1, -0.05) is 23.4 Å². The fourth-order valence-electron chi connectivity index (χ4n) is 2.80. The van der Waals surface area contributed by atoms with Gasteiger partial charge in [-0.2, -0.15) is 9.78 Å². The smallest absolute Gasteiger partial charge is 0.167 e. The molecule has 3 heterocycles. The summed E-state index contributed by atoms with van der Waals surface area (Å²) in [4.78, 5) is 0. The molecular formula is C17H11N7O. The second-order valence-electron chi connectivity index (χ2n) is 5.52. The molecule has 0 bridgehead atoms. The number of tetrazole rings is 1. The SMILES string of the molecule is c1ccc(-n2cnnn2)c(-c2cc(-c3ccc4[nH]ncc4c3)on2)c1. The van der Waals surface area contributed by atoms with Crippen molar-refractivity contribution < 1.29 is 4.52 Å². The molecule has 0 saturated heterocycles. The molecule has 0 amide bonds. The average Bonchev–Trinajstić information content (AvgIpc) is 3.42.